The van der Waals surface area contributed by atoms with Gasteiger partial charge in [-0.2, -0.15) is 23.1 Å². The van der Waals surface area contributed by atoms with Crippen LogP contribution >= 0.6 is 0 Å². The maximum Gasteiger partial charge on any atom is 0.429 e. The normalized spacial score (nSPS) is 21.6. The summed E-state index contributed by atoms with van der Waals surface area (Å²) in [5.41, 5.74) is 6.88. The van der Waals surface area contributed by atoms with E-state index in [1.807, 2.05) is 4.90 Å². The fraction of sp³-hybridized carbons (Fsp3) is 0.478. The van der Waals surface area contributed by atoms with Crippen LogP contribution in [0.4, 0.5) is 30.6 Å². The van der Waals surface area contributed by atoms with E-state index < -0.39 is 24.3 Å². The fourth-order valence-corrected chi connectivity index (χ4v) is 5.09. The Labute approximate surface area is 204 Å². The van der Waals surface area contributed by atoms with E-state index in [0.29, 0.717) is 49.7 Å². The van der Waals surface area contributed by atoms with Gasteiger partial charge in [0.05, 0.1) is 12.0 Å². The van der Waals surface area contributed by atoms with Crippen molar-refractivity contribution >= 4 is 29.8 Å². The molecule has 13 heteroatoms. The third-order valence-electron chi connectivity index (χ3n) is 7.04. The molecule has 2 saturated heterocycles. The van der Waals surface area contributed by atoms with Crippen molar-refractivity contribution in [3.63, 3.8) is 0 Å². The Morgan fingerprint density at radius 1 is 1.25 bits per heavy atom. The molecule has 10 nitrogen and oxygen atoms in total. The molecule has 5 rings (SSSR count). The second-order valence-electron chi connectivity index (χ2n) is 9.45. The second kappa shape index (κ2) is 9.12. The number of halogens is 3. The first kappa shape index (κ1) is 24.1. The minimum atomic E-state index is -4.70. The van der Waals surface area contributed by atoms with Gasteiger partial charge in [0, 0.05) is 37.8 Å². The first-order valence-electron chi connectivity index (χ1n) is 11.6. The average molecular weight is 506 g/mol. The van der Waals surface area contributed by atoms with Crippen LogP contribution in [0.25, 0.3) is 0 Å². The number of aliphatic carboxylic acids is 1. The molecule has 5 N–H and O–H groups in total. The molecule has 0 unspecified atom stereocenters. The van der Waals surface area contributed by atoms with Crippen LogP contribution in [0, 0.1) is 5.41 Å². The van der Waals surface area contributed by atoms with E-state index in [1.165, 1.54) is 30.6 Å². The summed E-state index contributed by atoms with van der Waals surface area (Å²) in [7, 11) is 0. The molecule has 2 aromatic rings. The van der Waals surface area contributed by atoms with Crippen molar-refractivity contribution in [1.82, 2.24) is 20.6 Å². The molecular formula is C23H26F3N7O3. The molecule has 3 aliphatic heterocycles. The zero-order chi connectivity index (χ0) is 25.5. The van der Waals surface area contributed by atoms with Gasteiger partial charge < -0.3 is 31.1 Å². The summed E-state index contributed by atoms with van der Waals surface area (Å²) in [6.07, 6.45) is -3.46. The van der Waals surface area contributed by atoms with Crippen molar-refractivity contribution in [3.8, 4) is 5.88 Å². The number of carbonyl (C=O) groups is 1. The summed E-state index contributed by atoms with van der Waals surface area (Å²) < 4.78 is 47.5. The molecule has 1 spiro atoms. The second-order valence-corrected chi connectivity index (χ2v) is 9.45. The molecule has 0 aliphatic carbocycles. The van der Waals surface area contributed by atoms with Gasteiger partial charge in [0.2, 0.25) is 17.9 Å². The topological polar surface area (TPSA) is 138 Å². The number of nitrogens with zero attached hydrogens (tertiary/aromatic N) is 4. The number of alkyl halides is 3. The lowest BCUT2D eigenvalue weighted by Gasteiger charge is -2.39. The number of hydrogen-bond acceptors (Lipinski definition) is 9. The summed E-state index contributed by atoms with van der Waals surface area (Å²) in [4.78, 5) is 25.5. The highest BCUT2D eigenvalue weighted by atomic mass is 19.4. The number of ether oxygens (including phenoxy) is 1. The van der Waals surface area contributed by atoms with Gasteiger partial charge >= 0.3 is 12.1 Å². The number of benzene rings is 1. The number of rotatable bonds is 5. The van der Waals surface area contributed by atoms with Gasteiger partial charge in [0.15, 0.2) is 0 Å². The highest BCUT2D eigenvalue weighted by Crippen LogP contribution is 2.42. The first-order valence-corrected chi connectivity index (χ1v) is 11.6. The first-order chi connectivity index (χ1) is 17.1. The molecule has 192 valence electrons. The van der Waals surface area contributed by atoms with Gasteiger partial charge in [-0.1, -0.05) is 6.07 Å². The number of fused-ring (bicyclic) bond motifs is 1. The monoisotopic (exact) mass is 505 g/mol. The van der Waals surface area contributed by atoms with Gasteiger partial charge in [-0.05, 0) is 42.4 Å². The Balaban J connectivity index is 1.34. The number of hydrogen-bond donors (Lipinski definition) is 4. The third kappa shape index (κ3) is 4.87. The number of nitrogens with two attached hydrogens (primary N) is 1. The predicted octanol–water partition coefficient (Wildman–Crippen LogP) is 2.54. The lowest BCUT2D eigenvalue weighted by molar-refractivity contribution is -0.198. The number of aliphatic imine (C=N–C) groups is 1. The van der Waals surface area contributed by atoms with Crippen molar-refractivity contribution in [2.24, 2.45) is 10.4 Å². The van der Waals surface area contributed by atoms with Crippen molar-refractivity contribution in [3.05, 3.63) is 35.4 Å². The quantitative estimate of drug-likeness (QED) is 0.483. The summed E-state index contributed by atoms with van der Waals surface area (Å²) >= 11 is 0. The highest BCUT2D eigenvalue weighted by molar-refractivity contribution is 5.74. The fourth-order valence-electron chi connectivity index (χ4n) is 5.09. The largest absolute Gasteiger partial charge is 0.480 e. The zero-order valence-electron chi connectivity index (χ0n) is 19.3. The number of nitrogen functional groups attached to an aromatic ring is 1. The van der Waals surface area contributed by atoms with E-state index in [1.54, 1.807) is 0 Å². The lowest BCUT2D eigenvalue weighted by atomic mass is 9.76. The van der Waals surface area contributed by atoms with E-state index in [0.717, 1.165) is 12.8 Å². The molecule has 36 heavy (non-hydrogen) atoms. The van der Waals surface area contributed by atoms with E-state index >= 15 is 0 Å². The Bertz CT molecular complexity index is 1180. The molecule has 0 radical (unpaired) electrons. The minimum absolute atomic E-state index is 0.0690. The van der Waals surface area contributed by atoms with E-state index in [9.17, 15) is 23.1 Å². The Hall–Kier alpha value is -3.61. The van der Waals surface area contributed by atoms with Crippen molar-refractivity contribution in [2.45, 2.75) is 44.1 Å². The summed E-state index contributed by atoms with van der Waals surface area (Å²) in [6, 6.07) is 5.10. The SMILES string of the molecule is Nc1nc(O[C@H](c2ccc3c(c2)CNC=N3)C(F)(F)F)cc(N2CCC3(CC2)CN[C@H](C(=O)O)C3)n1. The summed E-state index contributed by atoms with van der Waals surface area (Å²) in [5.74, 6) is -0.955. The molecule has 2 fully saturated rings. The van der Waals surface area contributed by atoms with Crippen LogP contribution in [0.5, 0.6) is 5.88 Å². The average Bonchev–Trinajstić information content (AvgIpc) is 3.25. The standard InChI is InChI=1S/C23H26F3N7O3/c24-23(25,26)19(13-1-2-15-14(7-13)10-28-12-30-15)36-18-8-17(31-21(27)32-18)33-5-3-22(4-6-33)9-16(20(34)35)29-11-22/h1-2,7-8,12,16,19,29H,3-6,9-11H2,(H,28,30)(H,34,35)(H2,27,31,32)/t16-,19+/m0/s1. The third-order valence-corrected chi connectivity index (χ3v) is 7.04. The van der Waals surface area contributed by atoms with Crippen LogP contribution in [0.15, 0.2) is 29.3 Å². The van der Waals surface area contributed by atoms with Crippen molar-refractivity contribution < 1.29 is 27.8 Å². The van der Waals surface area contributed by atoms with Gasteiger partial charge in [-0.15, -0.1) is 0 Å². The van der Waals surface area contributed by atoms with Gasteiger partial charge in [0.25, 0.3) is 0 Å². The number of nitrogens with one attached hydrogen (secondary N) is 2. The number of carboxylic acids is 1. The molecule has 0 saturated carbocycles. The molecule has 1 aromatic carbocycles. The smallest absolute Gasteiger partial charge is 0.429 e. The van der Waals surface area contributed by atoms with Gasteiger partial charge in [-0.25, -0.2) is 4.99 Å². The maximum atomic E-state index is 14.0. The molecule has 0 amide bonds. The van der Waals surface area contributed by atoms with Crippen molar-refractivity contribution in [1.29, 1.82) is 0 Å². The lowest BCUT2D eigenvalue weighted by Crippen LogP contribution is -2.41. The van der Waals surface area contributed by atoms with Crippen molar-refractivity contribution in [2.75, 3.05) is 30.3 Å². The summed E-state index contributed by atoms with van der Waals surface area (Å²) in [6.45, 7) is 2.10. The Morgan fingerprint density at radius 2 is 2.03 bits per heavy atom. The molecular weight excluding hydrogens is 479 g/mol. The van der Waals surface area contributed by atoms with Gasteiger partial charge in [-0.3, -0.25) is 4.79 Å². The van der Waals surface area contributed by atoms with Gasteiger partial charge in [0.1, 0.15) is 11.9 Å². The zero-order valence-corrected chi connectivity index (χ0v) is 19.3. The Morgan fingerprint density at radius 3 is 2.72 bits per heavy atom. The van der Waals surface area contributed by atoms with Crippen LogP contribution in [0.3, 0.4) is 0 Å². The number of anilines is 2. The van der Waals surface area contributed by atoms with E-state index in [2.05, 4.69) is 25.6 Å². The minimum Gasteiger partial charge on any atom is -0.480 e. The summed E-state index contributed by atoms with van der Waals surface area (Å²) in [5, 5.41) is 15.2. The molecule has 2 atom stereocenters. The van der Waals surface area contributed by atoms with Crippen LogP contribution in [0.1, 0.15) is 36.5 Å². The van der Waals surface area contributed by atoms with Crippen LogP contribution in [-0.4, -0.2) is 59.2 Å². The van der Waals surface area contributed by atoms with Crippen LogP contribution in [-0.2, 0) is 11.3 Å². The number of carboxylic acid groups (broad SMARTS) is 1. The molecule has 1 aromatic heterocycles. The van der Waals surface area contributed by atoms with Crippen LogP contribution < -0.4 is 26.0 Å². The Kier molecular flexibility index (Phi) is 6.10. The van der Waals surface area contributed by atoms with Crippen LogP contribution in [0.2, 0.25) is 0 Å². The van der Waals surface area contributed by atoms with E-state index in [4.69, 9.17) is 10.5 Å². The molecule has 3 aliphatic rings. The number of piperidine rings is 1. The predicted molar refractivity (Wildman–Crippen MR) is 125 cm³/mol. The maximum absolute atomic E-state index is 14.0. The molecule has 0 bridgehead atoms. The molecule has 4 heterocycles. The highest BCUT2D eigenvalue weighted by Gasteiger charge is 2.45. The number of aromatic nitrogens is 2. The van der Waals surface area contributed by atoms with E-state index in [-0.39, 0.29) is 22.8 Å².